The summed E-state index contributed by atoms with van der Waals surface area (Å²) in [5, 5.41) is 11.0. The molecule has 2 aromatic carbocycles. The number of benzene rings is 2. The Bertz CT molecular complexity index is 1090. The van der Waals surface area contributed by atoms with Gasteiger partial charge in [0.25, 0.3) is 5.91 Å². The van der Waals surface area contributed by atoms with E-state index in [0.29, 0.717) is 16.4 Å². The third kappa shape index (κ3) is 5.55. The highest BCUT2D eigenvalue weighted by Crippen LogP contribution is 2.25. The zero-order valence-corrected chi connectivity index (χ0v) is 18.6. The minimum atomic E-state index is -3.49. The number of anilines is 2. The number of hydrogen-bond acceptors (Lipinski definition) is 7. The Morgan fingerprint density at radius 2 is 1.76 bits per heavy atom. The highest BCUT2D eigenvalue weighted by atomic mass is 32.2. The first-order valence-corrected chi connectivity index (χ1v) is 12.5. The summed E-state index contributed by atoms with van der Waals surface area (Å²) in [5.41, 5.74) is 2.88. The van der Waals surface area contributed by atoms with Crippen molar-refractivity contribution in [2.24, 2.45) is 0 Å². The van der Waals surface area contributed by atoms with Crippen LogP contribution in [-0.2, 0) is 16.6 Å². The number of carbonyl (C=O) groups excluding carboxylic acids is 1. The molecule has 1 amide bonds. The Morgan fingerprint density at radius 1 is 1.10 bits per heavy atom. The summed E-state index contributed by atoms with van der Waals surface area (Å²) in [7, 11) is -3.49. The fourth-order valence-corrected chi connectivity index (χ4v) is 4.60. The van der Waals surface area contributed by atoms with Gasteiger partial charge >= 0.3 is 0 Å². The van der Waals surface area contributed by atoms with Gasteiger partial charge in [-0.25, -0.2) is 8.42 Å². The van der Waals surface area contributed by atoms with Crippen LogP contribution in [-0.4, -0.2) is 37.0 Å². The van der Waals surface area contributed by atoms with Crippen LogP contribution in [0.15, 0.2) is 52.9 Å². The van der Waals surface area contributed by atoms with Crippen LogP contribution in [0.5, 0.6) is 0 Å². The first-order valence-electron chi connectivity index (χ1n) is 8.58. The molecule has 10 heteroatoms. The molecule has 7 nitrogen and oxygen atoms in total. The second-order valence-corrected chi connectivity index (χ2v) is 10.3. The summed E-state index contributed by atoms with van der Waals surface area (Å²) in [6.45, 7) is 2.19. The second kappa shape index (κ2) is 8.93. The molecule has 0 atom stereocenters. The molecule has 0 unspecified atom stereocenters. The zero-order valence-electron chi connectivity index (χ0n) is 16.1. The maximum Gasteiger partial charge on any atom is 0.257 e. The van der Waals surface area contributed by atoms with Crippen LogP contribution in [0.25, 0.3) is 0 Å². The smallest absolute Gasteiger partial charge is 0.257 e. The van der Waals surface area contributed by atoms with Crippen LogP contribution in [0, 0.1) is 6.92 Å². The summed E-state index contributed by atoms with van der Waals surface area (Å²) in [6.07, 6.45) is 3.05. The zero-order chi connectivity index (χ0) is 21.0. The normalized spacial score (nSPS) is 11.3. The number of carbonyl (C=O) groups is 1. The summed E-state index contributed by atoms with van der Waals surface area (Å²) in [5.74, 6) is -0.329. The van der Waals surface area contributed by atoms with E-state index in [0.717, 1.165) is 15.5 Å². The van der Waals surface area contributed by atoms with Crippen molar-refractivity contribution >= 4 is 49.8 Å². The van der Waals surface area contributed by atoms with Gasteiger partial charge in [0.2, 0.25) is 15.2 Å². The first-order chi connectivity index (χ1) is 13.8. The molecule has 0 spiro atoms. The fraction of sp³-hybridized carbons (Fsp3) is 0.211. The van der Waals surface area contributed by atoms with Crippen LogP contribution in [0.2, 0.25) is 0 Å². The van der Waals surface area contributed by atoms with Gasteiger partial charge in [-0.3, -0.25) is 14.4 Å². The van der Waals surface area contributed by atoms with E-state index in [1.807, 2.05) is 37.4 Å². The highest BCUT2D eigenvalue weighted by Gasteiger charge is 2.19. The SMILES string of the molecule is CSc1nnc(NC(=O)c2ccc(N(Cc3ccc(C)cc3)S(C)(=O)=O)cc2)s1. The van der Waals surface area contributed by atoms with E-state index in [1.165, 1.54) is 33.7 Å². The topological polar surface area (TPSA) is 92.3 Å². The van der Waals surface area contributed by atoms with Crippen molar-refractivity contribution in [2.75, 3.05) is 22.1 Å². The molecule has 152 valence electrons. The molecule has 0 saturated heterocycles. The second-order valence-electron chi connectivity index (χ2n) is 6.33. The Morgan fingerprint density at radius 3 is 2.31 bits per heavy atom. The number of aromatic nitrogens is 2. The van der Waals surface area contributed by atoms with Crippen molar-refractivity contribution in [3.63, 3.8) is 0 Å². The van der Waals surface area contributed by atoms with Gasteiger partial charge in [0.15, 0.2) is 4.34 Å². The molecular weight excluding hydrogens is 428 g/mol. The Labute approximate surface area is 178 Å². The molecule has 0 aliphatic carbocycles. The minimum absolute atomic E-state index is 0.215. The van der Waals surface area contributed by atoms with E-state index in [2.05, 4.69) is 15.5 Å². The lowest BCUT2D eigenvalue weighted by molar-refractivity contribution is 0.102. The third-order valence-electron chi connectivity index (χ3n) is 4.07. The number of rotatable bonds is 7. The van der Waals surface area contributed by atoms with Gasteiger partial charge in [0.1, 0.15) is 0 Å². The molecule has 0 fully saturated rings. The Kier molecular flexibility index (Phi) is 6.56. The van der Waals surface area contributed by atoms with Crippen LogP contribution in [0.1, 0.15) is 21.5 Å². The highest BCUT2D eigenvalue weighted by molar-refractivity contribution is 8.00. The number of nitrogens with one attached hydrogen (secondary N) is 1. The monoisotopic (exact) mass is 448 g/mol. The predicted molar refractivity (Wildman–Crippen MR) is 118 cm³/mol. The van der Waals surface area contributed by atoms with Crippen LogP contribution in [0.4, 0.5) is 10.8 Å². The average Bonchev–Trinajstić information content (AvgIpc) is 3.14. The van der Waals surface area contributed by atoms with E-state index in [1.54, 1.807) is 24.3 Å². The largest absolute Gasteiger partial charge is 0.296 e. The van der Waals surface area contributed by atoms with Crippen molar-refractivity contribution in [1.82, 2.24) is 10.2 Å². The molecule has 3 rings (SSSR count). The molecule has 0 bridgehead atoms. The Balaban J connectivity index is 1.78. The number of hydrogen-bond donors (Lipinski definition) is 1. The molecule has 0 aliphatic heterocycles. The van der Waals surface area contributed by atoms with E-state index < -0.39 is 10.0 Å². The van der Waals surface area contributed by atoms with Gasteiger partial charge in [-0.1, -0.05) is 52.9 Å². The van der Waals surface area contributed by atoms with Crippen molar-refractivity contribution in [1.29, 1.82) is 0 Å². The number of aryl methyl sites for hydroxylation is 1. The van der Waals surface area contributed by atoms with Crippen molar-refractivity contribution in [2.45, 2.75) is 17.8 Å². The molecule has 1 aromatic heterocycles. The third-order valence-corrected chi connectivity index (χ3v) is 7.02. The Hall–Kier alpha value is -2.43. The molecular formula is C19H20N4O3S3. The van der Waals surface area contributed by atoms with Gasteiger partial charge in [0.05, 0.1) is 18.5 Å². The van der Waals surface area contributed by atoms with Crippen LogP contribution < -0.4 is 9.62 Å². The molecule has 0 radical (unpaired) electrons. The lowest BCUT2D eigenvalue weighted by Gasteiger charge is -2.23. The number of amides is 1. The molecule has 1 N–H and O–H groups in total. The van der Waals surface area contributed by atoms with Gasteiger partial charge in [-0.05, 0) is 43.0 Å². The number of nitrogens with zero attached hydrogens (tertiary/aromatic N) is 3. The van der Waals surface area contributed by atoms with Gasteiger partial charge in [-0.15, -0.1) is 10.2 Å². The van der Waals surface area contributed by atoms with Crippen molar-refractivity contribution in [3.05, 3.63) is 65.2 Å². The quantitative estimate of drug-likeness (QED) is 0.437. The van der Waals surface area contributed by atoms with E-state index in [9.17, 15) is 13.2 Å². The summed E-state index contributed by atoms with van der Waals surface area (Å²) in [4.78, 5) is 12.4. The molecule has 29 heavy (non-hydrogen) atoms. The van der Waals surface area contributed by atoms with Crippen molar-refractivity contribution < 1.29 is 13.2 Å². The first kappa shape index (κ1) is 21.3. The van der Waals surface area contributed by atoms with Crippen molar-refractivity contribution in [3.8, 4) is 0 Å². The lowest BCUT2D eigenvalue weighted by Crippen LogP contribution is -2.29. The lowest BCUT2D eigenvalue weighted by atomic mass is 10.1. The average molecular weight is 449 g/mol. The van der Waals surface area contributed by atoms with Gasteiger partial charge in [0, 0.05) is 5.56 Å². The number of sulfonamides is 1. The standard InChI is InChI=1S/C19H20N4O3S3/c1-13-4-6-14(7-5-13)12-23(29(3,25)26)16-10-8-15(9-11-16)17(24)20-18-21-22-19(27-2)28-18/h4-11H,12H2,1-3H3,(H,20,21,24). The van der Waals surface area contributed by atoms with E-state index in [4.69, 9.17) is 0 Å². The molecule has 0 saturated carbocycles. The summed E-state index contributed by atoms with van der Waals surface area (Å²) in [6, 6.07) is 14.1. The predicted octanol–water partition coefficient (Wildman–Crippen LogP) is 3.79. The van der Waals surface area contributed by atoms with Gasteiger partial charge < -0.3 is 0 Å². The molecule has 3 aromatic rings. The fourth-order valence-electron chi connectivity index (χ4n) is 2.55. The summed E-state index contributed by atoms with van der Waals surface area (Å²) < 4.78 is 26.7. The van der Waals surface area contributed by atoms with Gasteiger partial charge in [-0.2, -0.15) is 0 Å². The minimum Gasteiger partial charge on any atom is -0.296 e. The maximum absolute atomic E-state index is 12.4. The maximum atomic E-state index is 12.4. The van der Waals surface area contributed by atoms with Crippen LogP contribution in [0.3, 0.4) is 0 Å². The van der Waals surface area contributed by atoms with E-state index in [-0.39, 0.29) is 12.5 Å². The molecule has 1 heterocycles. The summed E-state index contributed by atoms with van der Waals surface area (Å²) >= 11 is 2.74. The molecule has 0 aliphatic rings. The number of thioether (sulfide) groups is 1. The van der Waals surface area contributed by atoms with E-state index >= 15 is 0 Å². The van der Waals surface area contributed by atoms with Crippen LogP contribution >= 0.6 is 23.1 Å².